The van der Waals surface area contributed by atoms with Crippen LogP contribution in [0.15, 0.2) is 47.1 Å². The summed E-state index contributed by atoms with van der Waals surface area (Å²) in [6, 6.07) is 11.5. The van der Waals surface area contributed by atoms with Crippen LogP contribution in [0.25, 0.3) is 5.65 Å². The fraction of sp³-hybridized carbons (Fsp3) is 0.250. The van der Waals surface area contributed by atoms with Crippen LogP contribution in [-0.2, 0) is 5.41 Å². The fourth-order valence-electron chi connectivity index (χ4n) is 2.50. The molecule has 0 aliphatic carbocycles. The molecule has 3 aromatic rings. The zero-order valence-corrected chi connectivity index (χ0v) is 14.8. The zero-order valence-electron chi connectivity index (χ0n) is 13.2. The average molecular weight is 390 g/mol. The SMILES string of the molecule is CC(C)(CNc1ccc2ncc([N+](=O)[O-])n2n1)c1ccccc1Br. The van der Waals surface area contributed by atoms with Crippen molar-refractivity contribution in [2.24, 2.45) is 0 Å². The number of nitrogens with one attached hydrogen (secondary N) is 1. The van der Waals surface area contributed by atoms with Crippen LogP contribution in [0.1, 0.15) is 19.4 Å². The number of nitro groups is 1. The maximum Gasteiger partial charge on any atom is 0.368 e. The van der Waals surface area contributed by atoms with E-state index in [0.717, 1.165) is 4.47 Å². The molecule has 0 unspecified atom stereocenters. The van der Waals surface area contributed by atoms with Crippen molar-refractivity contribution in [3.8, 4) is 0 Å². The summed E-state index contributed by atoms with van der Waals surface area (Å²) in [5, 5.41) is 18.5. The van der Waals surface area contributed by atoms with Gasteiger partial charge in [-0.25, -0.2) is 4.98 Å². The van der Waals surface area contributed by atoms with E-state index in [1.807, 2.05) is 18.2 Å². The van der Waals surface area contributed by atoms with E-state index in [1.54, 1.807) is 12.1 Å². The lowest BCUT2D eigenvalue weighted by Crippen LogP contribution is -2.28. The van der Waals surface area contributed by atoms with Crippen molar-refractivity contribution < 1.29 is 4.92 Å². The standard InChI is InChI=1S/C16H16BrN5O2/c1-16(2,11-5-3-4-6-12(11)17)10-19-13-7-8-14-18-9-15(22(23)24)21(14)20-13/h3-9H,10H2,1-2H3,(H,19,20). The van der Waals surface area contributed by atoms with E-state index in [-0.39, 0.29) is 11.2 Å². The molecule has 0 aliphatic heterocycles. The molecule has 8 heteroatoms. The summed E-state index contributed by atoms with van der Waals surface area (Å²) in [7, 11) is 0. The van der Waals surface area contributed by atoms with Gasteiger partial charge < -0.3 is 15.4 Å². The van der Waals surface area contributed by atoms with Gasteiger partial charge in [0.25, 0.3) is 0 Å². The molecular weight excluding hydrogens is 374 g/mol. The molecular formula is C16H16BrN5O2. The second-order valence-corrected chi connectivity index (χ2v) is 6.93. The first-order valence-electron chi connectivity index (χ1n) is 7.36. The maximum absolute atomic E-state index is 11.0. The molecule has 0 radical (unpaired) electrons. The number of nitrogens with zero attached hydrogens (tertiary/aromatic N) is 4. The normalized spacial score (nSPS) is 11.6. The van der Waals surface area contributed by atoms with E-state index >= 15 is 0 Å². The van der Waals surface area contributed by atoms with Crippen LogP contribution >= 0.6 is 15.9 Å². The molecule has 3 rings (SSSR count). The van der Waals surface area contributed by atoms with Crippen molar-refractivity contribution in [3.05, 3.63) is 62.7 Å². The van der Waals surface area contributed by atoms with Gasteiger partial charge in [0.1, 0.15) is 6.20 Å². The van der Waals surface area contributed by atoms with Gasteiger partial charge in [-0.05, 0) is 22.6 Å². The first-order chi connectivity index (χ1) is 11.4. The van der Waals surface area contributed by atoms with Gasteiger partial charge in [0.05, 0.1) is 0 Å². The Morgan fingerprint density at radius 3 is 2.75 bits per heavy atom. The molecule has 0 amide bonds. The second kappa shape index (κ2) is 6.20. The van der Waals surface area contributed by atoms with Gasteiger partial charge in [-0.15, -0.1) is 0 Å². The Labute approximate surface area is 147 Å². The predicted octanol–water partition coefficient (Wildman–Crippen LogP) is 3.79. The zero-order chi connectivity index (χ0) is 17.3. The number of hydrogen-bond donors (Lipinski definition) is 1. The summed E-state index contributed by atoms with van der Waals surface area (Å²) in [6.07, 6.45) is 1.21. The third-order valence-electron chi connectivity index (χ3n) is 3.85. The Morgan fingerprint density at radius 2 is 2.04 bits per heavy atom. The number of anilines is 1. The van der Waals surface area contributed by atoms with E-state index in [1.165, 1.54) is 16.3 Å². The maximum atomic E-state index is 11.0. The highest BCUT2D eigenvalue weighted by Crippen LogP contribution is 2.30. The van der Waals surface area contributed by atoms with Crippen molar-refractivity contribution >= 4 is 33.2 Å². The number of benzene rings is 1. The molecule has 2 aromatic heterocycles. The van der Waals surface area contributed by atoms with Gasteiger partial charge in [0.2, 0.25) is 5.65 Å². The van der Waals surface area contributed by atoms with Gasteiger partial charge in [0, 0.05) is 22.5 Å². The van der Waals surface area contributed by atoms with Crippen molar-refractivity contribution in [3.63, 3.8) is 0 Å². The molecule has 24 heavy (non-hydrogen) atoms. The topological polar surface area (TPSA) is 85.4 Å². The summed E-state index contributed by atoms with van der Waals surface area (Å²) < 4.78 is 2.28. The molecule has 0 saturated heterocycles. The molecule has 7 nitrogen and oxygen atoms in total. The largest absolute Gasteiger partial charge is 0.368 e. The summed E-state index contributed by atoms with van der Waals surface area (Å²) in [4.78, 5) is 14.5. The highest BCUT2D eigenvalue weighted by atomic mass is 79.9. The fourth-order valence-corrected chi connectivity index (χ4v) is 3.32. The Kier molecular flexibility index (Phi) is 4.23. The molecule has 0 fully saturated rings. The predicted molar refractivity (Wildman–Crippen MR) is 95.3 cm³/mol. The number of hydrogen-bond acceptors (Lipinski definition) is 5. The minimum atomic E-state index is -0.498. The van der Waals surface area contributed by atoms with Crippen LogP contribution in [0, 0.1) is 10.1 Å². The molecule has 1 aromatic carbocycles. The smallest absolute Gasteiger partial charge is 0.366 e. The van der Waals surface area contributed by atoms with Gasteiger partial charge in [-0.2, -0.15) is 0 Å². The molecule has 2 heterocycles. The van der Waals surface area contributed by atoms with Crippen molar-refractivity contribution in [2.45, 2.75) is 19.3 Å². The molecule has 1 N–H and O–H groups in total. The molecule has 0 atom stereocenters. The lowest BCUT2D eigenvalue weighted by atomic mass is 9.84. The van der Waals surface area contributed by atoms with E-state index in [9.17, 15) is 10.1 Å². The van der Waals surface area contributed by atoms with Crippen LogP contribution in [-0.4, -0.2) is 26.1 Å². The quantitative estimate of drug-likeness (QED) is 0.529. The minimum absolute atomic E-state index is 0.154. The third-order valence-corrected chi connectivity index (χ3v) is 4.54. The highest BCUT2D eigenvalue weighted by Gasteiger charge is 2.23. The molecule has 124 valence electrons. The summed E-state index contributed by atoms with van der Waals surface area (Å²) in [5.74, 6) is 0.405. The van der Waals surface area contributed by atoms with Crippen molar-refractivity contribution in [2.75, 3.05) is 11.9 Å². The first-order valence-corrected chi connectivity index (χ1v) is 8.16. The number of halogens is 1. The lowest BCUT2D eigenvalue weighted by Gasteiger charge is -2.26. The van der Waals surface area contributed by atoms with E-state index in [0.29, 0.717) is 18.0 Å². The third kappa shape index (κ3) is 3.09. The summed E-state index contributed by atoms with van der Waals surface area (Å²) in [5.41, 5.74) is 1.46. The Hall–Kier alpha value is -2.48. The van der Waals surface area contributed by atoms with E-state index in [4.69, 9.17) is 0 Å². The Balaban J connectivity index is 1.84. The average Bonchev–Trinajstić information content (AvgIpc) is 2.96. The number of fused-ring (bicyclic) bond motifs is 1. The molecule has 0 saturated carbocycles. The van der Waals surface area contributed by atoms with Gasteiger partial charge in [0.15, 0.2) is 5.82 Å². The van der Waals surface area contributed by atoms with Gasteiger partial charge >= 0.3 is 5.82 Å². The van der Waals surface area contributed by atoms with E-state index < -0.39 is 4.92 Å². The highest BCUT2D eigenvalue weighted by molar-refractivity contribution is 9.10. The van der Waals surface area contributed by atoms with Gasteiger partial charge in [-0.1, -0.05) is 57.6 Å². The lowest BCUT2D eigenvalue weighted by molar-refractivity contribution is -0.391. The van der Waals surface area contributed by atoms with E-state index in [2.05, 4.69) is 51.2 Å². The second-order valence-electron chi connectivity index (χ2n) is 6.08. The molecule has 0 bridgehead atoms. The monoisotopic (exact) mass is 389 g/mol. The van der Waals surface area contributed by atoms with Crippen LogP contribution in [0.3, 0.4) is 0 Å². The van der Waals surface area contributed by atoms with Crippen LogP contribution in [0.2, 0.25) is 0 Å². The minimum Gasteiger partial charge on any atom is -0.366 e. The van der Waals surface area contributed by atoms with Crippen LogP contribution in [0.5, 0.6) is 0 Å². The van der Waals surface area contributed by atoms with Gasteiger partial charge in [-0.3, -0.25) is 0 Å². The van der Waals surface area contributed by atoms with Crippen molar-refractivity contribution in [1.82, 2.24) is 14.6 Å². The van der Waals surface area contributed by atoms with Crippen LogP contribution in [0.4, 0.5) is 11.6 Å². The molecule has 0 spiro atoms. The summed E-state index contributed by atoms with van der Waals surface area (Å²) in [6.45, 7) is 4.87. The number of imidazole rings is 1. The number of rotatable bonds is 5. The first kappa shape index (κ1) is 16.4. The van der Waals surface area contributed by atoms with Crippen LogP contribution < -0.4 is 5.32 Å². The Bertz CT molecular complexity index is 906. The van der Waals surface area contributed by atoms with Crippen molar-refractivity contribution in [1.29, 1.82) is 0 Å². The number of aromatic nitrogens is 3. The Morgan fingerprint density at radius 1 is 1.29 bits per heavy atom. The summed E-state index contributed by atoms with van der Waals surface area (Å²) >= 11 is 3.58. The molecule has 0 aliphatic rings.